The first-order valence-corrected chi connectivity index (χ1v) is 12.8. The highest BCUT2D eigenvalue weighted by atomic mass is 16.6. The van der Waals surface area contributed by atoms with Gasteiger partial charge in [0, 0.05) is 0 Å². The van der Waals surface area contributed by atoms with Crippen LogP contribution in [-0.2, 0) is 4.84 Å². The fourth-order valence-electron chi connectivity index (χ4n) is 3.90. The molecule has 2 rings (SSSR count). The van der Waals surface area contributed by atoms with Gasteiger partial charge in [-0.3, -0.25) is 0 Å². The van der Waals surface area contributed by atoms with E-state index in [1.165, 1.54) is 32.1 Å². The number of unbranched alkanes of at least 4 members (excludes halogenated alkanes) is 6. The maximum atomic E-state index is 6.08. The van der Waals surface area contributed by atoms with Crippen LogP contribution in [0.3, 0.4) is 0 Å². The number of benzene rings is 2. The van der Waals surface area contributed by atoms with E-state index in [1.54, 1.807) is 7.11 Å². The van der Waals surface area contributed by atoms with E-state index in [2.05, 4.69) is 31.1 Å². The molecule has 2 aromatic carbocycles. The van der Waals surface area contributed by atoms with E-state index in [1.807, 2.05) is 50.3 Å². The Bertz CT molecular complexity index is 895. The van der Waals surface area contributed by atoms with Crippen LogP contribution >= 0.6 is 0 Å². The molecule has 5 nitrogen and oxygen atoms in total. The minimum atomic E-state index is 0.599. The van der Waals surface area contributed by atoms with Crippen LogP contribution in [0.15, 0.2) is 53.7 Å². The number of allylic oxidation sites excluding steroid dienone is 1. The molecule has 0 saturated carbocycles. The van der Waals surface area contributed by atoms with E-state index in [0.717, 1.165) is 65.7 Å². The summed E-state index contributed by atoms with van der Waals surface area (Å²) in [4.78, 5) is 4.82. The fraction of sp³-hybridized carbons (Fsp3) is 0.500. The Labute approximate surface area is 212 Å². The lowest BCUT2D eigenvalue weighted by molar-refractivity contribution is 0.213. The molecule has 0 amide bonds. The highest BCUT2D eigenvalue weighted by Gasteiger charge is 2.07. The predicted octanol–water partition coefficient (Wildman–Crippen LogP) is 7.82. The molecular weight excluding hydrogens is 438 g/mol. The number of nitrogens with zero attached hydrogens (tertiary/aromatic N) is 1. The zero-order valence-electron chi connectivity index (χ0n) is 22.3. The topological polar surface area (TPSA) is 49.3 Å². The second-order valence-corrected chi connectivity index (χ2v) is 8.82. The Morgan fingerprint density at radius 1 is 0.771 bits per heavy atom. The third kappa shape index (κ3) is 10.9. The molecule has 0 aliphatic carbocycles. The normalized spacial score (nSPS) is 11.6. The van der Waals surface area contributed by atoms with Gasteiger partial charge in [-0.15, -0.1) is 0 Å². The molecule has 5 heteroatoms. The number of hydrogen-bond donors (Lipinski definition) is 0. The molecular formula is C30H43NO4. The molecule has 0 atom stereocenters. The van der Waals surface area contributed by atoms with Crippen molar-refractivity contribution in [2.24, 2.45) is 5.16 Å². The summed E-state index contributed by atoms with van der Waals surface area (Å²) in [5, 5.41) is 3.95. The van der Waals surface area contributed by atoms with E-state index in [0.29, 0.717) is 6.61 Å². The van der Waals surface area contributed by atoms with Gasteiger partial charge in [-0.05, 0) is 93.6 Å². The average molecular weight is 482 g/mol. The van der Waals surface area contributed by atoms with Gasteiger partial charge >= 0.3 is 0 Å². The summed E-state index contributed by atoms with van der Waals surface area (Å²) < 4.78 is 17.7. The molecule has 0 aliphatic heterocycles. The number of rotatable bonds is 17. The van der Waals surface area contributed by atoms with Gasteiger partial charge < -0.3 is 19.0 Å². The summed E-state index contributed by atoms with van der Waals surface area (Å²) >= 11 is 0. The van der Waals surface area contributed by atoms with Gasteiger partial charge in [0.05, 0.1) is 18.9 Å². The number of aryl methyl sites for hydroxylation is 2. The summed E-state index contributed by atoms with van der Waals surface area (Å²) in [6, 6.07) is 12.1. The third-order valence-corrected chi connectivity index (χ3v) is 5.82. The van der Waals surface area contributed by atoms with Gasteiger partial charge in [0.25, 0.3) is 0 Å². The van der Waals surface area contributed by atoms with Crippen molar-refractivity contribution in [2.45, 2.75) is 72.6 Å². The molecule has 0 spiro atoms. The first-order chi connectivity index (χ1) is 17.0. The van der Waals surface area contributed by atoms with Crippen LogP contribution in [0, 0.1) is 13.8 Å². The van der Waals surface area contributed by atoms with Gasteiger partial charge in [-0.1, -0.05) is 49.4 Å². The van der Waals surface area contributed by atoms with E-state index in [-0.39, 0.29) is 0 Å². The van der Waals surface area contributed by atoms with E-state index < -0.39 is 0 Å². The number of ether oxygens (including phenoxy) is 3. The van der Waals surface area contributed by atoms with Crippen LogP contribution in [-0.4, -0.2) is 32.6 Å². The molecule has 0 radical (unpaired) electrons. The van der Waals surface area contributed by atoms with Crippen molar-refractivity contribution in [3.63, 3.8) is 0 Å². The highest BCUT2D eigenvalue weighted by Crippen LogP contribution is 2.28. The monoisotopic (exact) mass is 481 g/mol. The fourth-order valence-corrected chi connectivity index (χ4v) is 3.90. The second kappa shape index (κ2) is 16.6. The Hall–Kier alpha value is -2.95. The lowest BCUT2D eigenvalue weighted by Crippen LogP contribution is -2.02. The maximum absolute atomic E-state index is 6.08. The zero-order valence-corrected chi connectivity index (χ0v) is 22.3. The van der Waals surface area contributed by atoms with Crippen LogP contribution in [0.1, 0.15) is 75.5 Å². The van der Waals surface area contributed by atoms with Crippen molar-refractivity contribution in [3.8, 4) is 17.2 Å². The van der Waals surface area contributed by atoms with Crippen molar-refractivity contribution in [3.05, 3.63) is 65.2 Å². The number of hydrogen-bond acceptors (Lipinski definition) is 5. The predicted molar refractivity (Wildman–Crippen MR) is 145 cm³/mol. The van der Waals surface area contributed by atoms with Crippen LogP contribution in [0.4, 0.5) is 0 Å². The minimum Gasteiger partial charge on any atom is -0.494 e. The minimum absolute atomic E-state index is 0.599. The first-order valence-electron chi connectivity index (χ1n) is 12.8. The van der Waals surface area contributed by atoms with Crippen LogP contribution < -0.4 is 14.2 Å². The molecule has 2 aromatic rings. The van der Waals surface area contributed by atoms with Gasteiger partial charge in [0.15, 0.2) is 0 Å². The van der Waals surface area contributed by atoms with E-state index in [9.17, 15) is 0 Å². The van der Waals surface area contributed by atoms with Gasteiger partial charge in [0.2, 0.25) is 0 Å². The Morgan fingerprint density at radius 3 is 1.91 bits per heavy atom. The summed E-state index contributed by atoms with van der Waals surface area (Å²) in [5.74, 6) is 2.80. The average Bonchev–Trinajstić information content (AvgIpc) is 2.84. The van der Waals surface area contributed by atoms with Crippen LogP contribution in [0.2, 0.25) is 0 Å². The smallest absolute Gasteiger partial charge is 0.125 e. The van der Waals surface area contributed by atoms with Crippen molar-refractivity contribution >= 4 is 5.71 Å². The first kappa shape index (κ1) is 28.3. The van der Waals surface area contributed by atoms with Gasteiger partial charge in [-0.2, -0.15) is 0 Å². The Balaban J connectivity index is 1.51. The van der Waals surface area contributed by atoms with Gasteiger partial charge in [0.1, 0.15) is 31.0 Å². The molecule has 0 N–H and O–H groups in total. The molecule has 0 heterocycles. The van der Waals surface area contributed by atoms with Crippen molar-refractivity contribution < 1.29 is 19.0 Å². The lowest BCUT2D eigenvalue weighted by Gasteiger charge is -2.14. The summed E-state index contributed by atoms with van der Waals surface area (Å²) in [6.07, 6.45) is 12.4. The van der Waals surface area contributed by atoms with E-state index >= 15 is 0 Å². The zero-order chi connectivity index (χ0) is 25.3. The molecule has 0 bridgehead atoms. The molecule has 0 unspecified atom stereocenters. The third-order valence-electron chi connectivity index (χ3n) is 5.82. The largest absolute Gasteiger partial charge is 0.494 e. The second-order valence-electron chi connectivity index (χ2n) is 8.82. The highest BCUT2D eigenvalue weighted by molar-refractivity contribution is 5.98. The number of oxime groups is 1. The Kier molecular flexibility index (Phi) is 13.4. The SMILES string of the molecule is C/C=C/COc1cc(C)c(OCCCCCCCCCOc2ccc(/C(C)=N/OC)cc2)c(C)c1. The molecule has 192 valence electrons. The quantitative estimate of drug-likeness (QED) is 0.1000. The van der Waals surface area contributed by atoms with Crippen molar-refractivity contribution in [1.82, 2.24) is 0 Å². The lowest BCUT2D eigenvalue weighted by atomic mass is 10.1. The molecule has 0 aliphatic rings. The van der Waals surface area contributed by atoms with Crippen LogP contribution in [0.5, 0.6) is 17.2 Å². The van der Waals surface area contributed by atoms with Crippen molar-refractivity contribution in [1.29, 1.82) is 0 Å². The molecule has 0 fully saturated rings. The summed E-state index contributed by atoms with van der Waals surface area (Å²) in [7, 11) is 1.56. The summed E-state index contributed by atoms with van der Waals surface area (Å²) in [5.41, 5.74) is 4.16. The van der Waals surface area contributed by atoms with Crippen molar-refractivity contribution in [2.75, 3.05) is 26.9 Å². The molecule has 35 heavy (non-hydrogen) atoms. The summed E-state index contributed by atoms with van der Waals surface area (Å²) in [6.45, 7) is 10.2. The Morgan fingerprint density at radius 2 is 1.34 bits per heavy atom. The maximum Gasteiger partial charge on any atom is 0.125 e. The van der Waals surface area contributed by atoms with Gasteiger partial charge in [-0.25, -0.2) is 0 Å². The molecule has 0 aromatic heterocycles. The molecule has 0 saturated heterocycles. The van der Waals surface area contributed by atoms with Crippen LogP contribution in [0.25, 0.3) is 0 Å². The standard InChI is InChI=1S/C30H43NO4/c1-6-7-19-34-29-22-24(2)30(25(3)23-29)35-21-14-12-10-8-9-11-13-20-33-28-17-15-27(16-18-28)26(4)31-32-5/h6-7,15-18,22-23H,8-14,19-21H2,1-5H3/b7-6+,31-26+. The van der Waals surface area contributed by atoms with E-state index in [4.69, 9.17) is 19.0 Å².